The number of benzene rings is 2. The van der Waals surface area contributed by atoms with Crippen LogP contribution in [0.2, 0.25) is 0 Å². The van der Waals surface area contributed by atoms with Gasteiger partial charge in [0, 0.05) is 24.1 Å². The van der Waals surface area contributed by atoms with E-state index in [9.17, 15) is 9.59 Å². The van der Waals surface area contributed by atoms with E-state index in [-0.39, 0.29) is 23.2 Å². The molecule has 2 aromatic carbocycles. The highest BCUT2D eigenvalue weighted by atomic mass is 16.2. The fourth-order valence-electron chi connectivity index (χ4n) is 5.90. The first kappa shape index (κ1) is 23.8. The Kier molecular flexibility index (Phi) is 5.57. The van der Waals surface area contributed by atoms with Crippen LogP contribution in [0.5, 0.6) is 0 Å². The number of imidazole rings is 1. The summed E-state index contributed by atoms with van der Waals surface area (Å²) in [5.41, 5.74) is 4.28. The molecule has 2 N–H and O–H groups in total. The lowest BCUT2D eigenvalue weighted by Crippen LogP contribution is -2.35. The SMILES string of the molecule is CC(C)c1nc2c(c(=O)[nH]c(=O)n2C(C2CC2)C2CC2)n1Cc1ccc(-c2ccccc2-c2nn[nH]n2)cc1. The first-order valence-corrected chi connectivity index (χ1v) is 13.7. The van der Waals surface area contributed by atoms with E-state index < -0.39 is 0 Å². The summed E-state index contributed by atoms with van der Waals surface area (Å²) in [5, 5.41) is 14.5. The van der Waals surface area contributed by atoms with Gasteiger partial charge in [-0.15, -0.1) is 10.2 Å². The molecule has 198 valence electrons. The van der Waals surface area contributed by atoms with Gasteiger partial charge in [-0.3, -0.25) is 14.3 Å². The fourth-order valence-corrected chi connectivity index (χ4v) is 5.90. The van der Waals surface area contributed by atoms with Crippen LogP contribution in [0.4, 0.5) is 0 Å². The number of hydrogen-bond donors (Lipinski definition) is 2. The van der Waals surface area contributed by atoms with Crippen molar-refractivity contribution in [3.63, 3.8) is 0 Å². The van der Waals surface area contributed by atoms with E-state index in [1.807, 2.05) is 33.4 Å². The van der Waals surface area contributed by atoms with E-state index in [0.717, 1.165) is 53.8 Å². The summed E-state index contributed by atoms with van der Waals surface area (Å²) in [4.78, 5) is 34.0. The minimum atomic E-state index is -0.373. The van der Waals surface area contributed by atoms with Crippen LogP contribution in [0, 0.1) is 11.8 Å². The topological polar surface area (TPSA) is 127 Å². The summed E-state index contributed by atoms with van der Waals surface area (Å²) in [6, 6.07) is 16.4. The van der Waals surface area contributed by atoms with Gasteiger partial charge in [-0.2, -0.15) is 5.21 Å². The number of nitrogens with zero attached hydrogens (tertiary/aromatic N) is 6. The zero-order chi connectivity index (χ0) is 26.7. The molecule has 0 radical (unpaired) electrons. The Morgan fingerprint density at radius 3 is 2.26 bits per heavy atom. The Bertz CT molecular complexity index is 1760. The van der Waals surface area contributed by atoms with Gasteiger partial charge in [0.05, 0.1) is 0 Å². The zero-order valence-electron chi connectivity index (χ0n) is 22.0. The monoisotopic (exact) mass is 522 g/mol. The van der Waals surface area contributed by atoms with Crippen molar-refractivity contribution in [2.24, 2.45) is 11.8 Å². The van der Waals surface area contributed by atoms with E-state index in [4.69, 9.17) is 4.98 Å². The molecule has 0 bridgehead atoms. The summed E-state index contributed by atoms with van der Waals surface area (Å²) < 4.78 is 3.81. The van der Waals surface area contributed by atoms with Crippen molar-refractivity contribution in [3.05, 3.63) is 80.8 Å². The van der Waals surface area contributed by atoms with Crippen molar-refractivity contribution in [2.75, 3.05) is 0 Å². The van der Waals surface area contributed by atoms with E-state index in [0.29, 0.717) is 35.4 Å². The Balaban J connectivity index is 1.29. The van der Waals surface area contributed by atoms with Crippen LogP contribution in [0.3, 0.4) is 0 Å². The second kappa shape index (κ2) is 9.14. The van der Waals surface area contributed by atoms with Crippen molar-refractivity contribution in [1.29, 1.82) is 0 Å². The molecule has 0 unspecified atom stereocenters. The quantitative estimate of drug-likeness (QED) is 0.313. The second-order valence-corrected chi connectivity index (χ2v) is 11.2. The maximum Gasteiger partial charge on any atom is 0.330 e. The Morgan fingerprint density at radius 2 is 1.64 bits per heavy atom. The number of nitrogens with one attached hydrogen (secondary N) is 2. The van der Waals surface area contributed by atoms with Crippen molar-refractivity contribution >= 4 is 11.2 Å². The third kappa shape index (κ3) is 4.20. The van der Waals surface area contributed by atoms with Gasteiger partial charge < -0.3 is 4.57 Å². The summed E-state index contributed by atoms with van der Waals surface area (Å²) in [6.07, 6.45) is 4.53. The van der Waals surface area contributed by atoms with Crippen LogP contribution in [-0.2, 0) is 6.54 Å². The smallest absolute Gasteiger partial charge is 0.317 e. The molecule has 2 fully saturated rings. The Morgan fingerprint density at radius 1 is 0.949 bits per heavy atom. The van der Waals surface area contributed by atoms with Crippen LogP contribution in [-0.4, -0.2) is 39.7 Å². The Hall–Kier alpha value is -4.34. The van der Waals surface area contributed by atoms with Crippen LogP contribution < -0.4 is 11.2 Å². The maximum absolute atomic E-state index is 13.2. The van der Waals surface area contributed by atoms with Crippen molar-refractivity contribution in [1.82, 2.24) is 39.7 Å². The Labute approximate surface area is 224 Å². The molecule has 0 amide bonds. The molecule has 5 aromatic rings. The summed E-state index contributed by atoms with van der Waals surface area (Å²) >= 11 is 0. The van der Waals surface area contributed by atoms with Gasteiger partial charge in [0.15, 0.2) is 11.2 Å². The van der Waals surface area contributed by atoms with E-state index in [1.165, 1.54) is 0 Å². The largest absolute Gasteiger partial charge is 0.330 e. The molecule has 0 saturated heterocycles. The molecule has 0 atom stereocenters. The van der Waals surface area contributed by atoms with Crippen molar-refractivity contribution < 1.29 is 0 Å². The van der Waals surface area contributed by atoms with E-state index in [1.54, 1.807) is 0 Å². The molecule has 3 aromatic heterocycles. The van der Waals surface area contributed by atoms with Crippen LogP contribution in [0.25, 0.3) is 33.7 Å². The molecular weight excluding hydrogens is 492 g/mol. The minimum Gasteiger partial charge on any atom is -0.317 e. The number of tetrazole rings is 1. The van der Waals surface area contributed by atoms with Gasteiger partial charge in [0.1, 0.15) is 5.82 Å². The second-order valence-electron chi connectivity index (χ2n) is 11.2. The summed E-state index contributed by atoms with van der Waals surface area (Å²) in [7, 11) is 0. The number of hydrogen-bond acceptors (Lipinski definition) is 6. The lowest BCUT2D eigenvalue weighted by atomic mass is 9.98. The van der Waals surface area contributed by atoms with Gasteiger partial charge >= 0.3 is 5.69 Å². The normalized spacial score (nSPS) is 15.6. The molecule has 3 heterocycles. The van der Waals surface area contributed by atoms with Crippen LogP contribution >= 0.6 is 0 Å². The zero-order valence-corrected chi connectivity index (χ0v) is 22.0. The molecular formula is C29H30N8O2. The molecule has 0 spiro atoms. The van der Waals surface area contributed by atoms with Crippen LogP contribution in [0.15, 0.2) is 58.1 Å². The van der Waals surface area contributed by atoms with E-state index >= 15 is 0 Å². The first-order chi connectivity index (χ1) is 19.0. The van der Waals surface area contributed by atoms with Gasteiger partial charge in [-0.1, -0.05) is 62.4 Å². The highest BCUT2D eigenvalue weighted by Crippen LogP contribution is 2.52. The third-order valence-electron chi connectivity index (χ3n) is 8.00. The minimum absolute atomic E-state index is 0.0850. The van der Waals surface area contributed by atoms with Crippen molar-refractivity contribution in [2.45, 2.75) is 58.0 Å². The lowest BCUT2D eigenvalue weighted by Gasteiger charge is -2.19. The highest BCUT2D eigenvalue weighted by molar-refractivity contribution is 5.80. The lowest BCUT2D eigenvalue weighted by molar-refractivity contribution is 0.388. The predicted molar refractivity (Wildman–Crippen MR) is 147 cm³/mol. The first-order valence-electron chi connectivity index (χ1n) is 13.7. The average molecular weight is 523 g/mol. The number of aromatic amines is 2. The molecule has 7 rings (SSSR count). The summed E-state index contributed by atoms with van der Waals surface area (Å²) in [5.74, 6) is 2.44. The molecule has 39 heavy (non-hydrogen) atoms. The maximum atomic E-state index is 13.2. The summed E-state index contributed by atoms with van der Waals surface area (Å²) in [6.45, 7) is 4.63. The van der Waals surface area contributed by atoms with Gasteiger partial charge in [0.25, 0.3) is 5.56 Å². The average Bonchev–Trinajstić information content (AvgIpc) is 3.86. The molecule has 2 aliphatic rings. The molecule has 10 nitrogen and oxygen atoms in total. The standard InChI is InChI=1S/C29H30N8O2/c1-16(2)26-30-27-24(28(38)31-29(39)37(27)23(19-11-12-19)20-13-14-20)36(26)15-17-7-9-18(10-8-17)21-5-3-4-6-22(21)25-32-34-35-33-25/h3-10,16,19-20,23H,11-15H2,1-2H3,(H,31,38,39)(H,32,33,34,35). The molecule has 0 aliphatic heterocycles. The number of H-pyrrole nitrogens is 2. The number of aromatic nitrogens is 8. The molecule has 10 heteroatoms. The molecule has 2 saturated carbocycles. The van der Waals surface area contributed by atoms with Gasteiger partial charge in [-0.05, 0) is 59.4 Å². The van der Waals surface area contributed by atoms with Crippen LogP contribution in [0.1, 0.15) is 62.9 Å². The third-order valence-corrected chi connectivity index (χ3v) is 8.00. The molecule has 2 aliphatic carbocycles. The predicted octanol–water partition coefficient (Wildman–Crippen LogP) is 4.27. The van der Waals surface area contributed by atoms with Gasteiger partial charge in [-0.25, -0.2) is 9.78 Å². The van der Waals surface area contributed by atoms with E-state index in [2.05, 4.69) is 63.7 Å². The number of rotatable bonds is 8. The van der Waals surface area contributed by atoms with Crippen molar-refractivity contribution in [3.8, 4) is 22.5 Å². The fraction of sp³-hybridized carbons (Fsp3) is 0.379. The van der Waals surface area contributed by atoms with Gasteiger partial charge in [0.2, 0.25) is 5.82 Å². The highest BCUT2D eigenvalue weighted by Gasteiger charge is 2.44. The number of fused-ring (bicyclic) bond motifs is 1.